The van der Waals surface area contributed by atoms with Gasteiger partial charge in [0.25, 0.3) is 5.91 Å². The van der Waals surface area contributed by atoms with E-state index in [1.807, 2.05) is 24.3 Å². The molecule has 1 aliphatic rings. The molecule has 1 heterocycles. The lowest BCUT2D eigenvalue weighted by atomic mass is 10.1. The first-order valence-corrected chi connectivity index (χ1v) is 12.7. The number of hydrogen-bond acceptors (Lipinski definition) is 8. The summed E-state index contributed by atoms with van der Waals surface area (Å²) in [5, 5.41) is 0. The maximum atomic E-state index is 12.6. The Morgan fingerprint density at radius 3 is 2.55 bits per heavy atom. The molecular weight excluding hydrogens is 458 g/mol. The first kappa shape index (κ1) is 25.2. The highest BCUT2D eigenvalue weighted by Gasteiger charge is 2.33. The molecule has 170 valence electrons. The molecule has 1 aromatic rings. The number of rotatable bonds is 11. The summed E-state index contributed by atoms with van der Waals surface area (Å²) >= 11 is 6.29. The lowest BCUT2D eigenvalue weighted by Crippen LogP contribution is -2.34. The minimum atomic E-state index is -4.18. The van der Waals surface area contributed by atoms with Crippen LogP contribution < -0.4 is 10.6 Å². The topological polar surface area (TPSA) is 110 Å². The van der Waals surface area contributed by atoms with Crippen molar-refractivity contribution < 1.29 is 22.2 Å². The average molecular weight is 486 g/mol. The summed E-state index contributed by atoms with van der Waals surface area (Å²) < 4.78 is 27.6. The van der Waals surface area contributed by atoms with Crippen LogP contribution in [0, 0.1) is 0 Å². The predicted molar refractivity (Wildman–Crippen MR) is 128 cm³/mol. The second-order valence-corrected chi connectivity index (χ2v) is 10.4. The first-order chi connectivity index (χ1) is 14.6. The van der Waals surface area contributed by atoms with E-state index in [4.69, 9.17) is 18.0 Å². The van der Waals surface area contributed by atoms with Gasteiger partial charge in [-0.05, 0) is 30.2 Å². The third kappa shape index (κ3) is 7.82. The Morgan fingerprint density at radius 1 is 1.26 bits per heavy atom. The van der Waals surface area contributed by atoms with Crippen molar-refractivity contribution in [3.8, 4) is 0 Å². The number of carbonyl (C=O) groups excluding carboxylic acids is 2. The number of nitrogens with two attached hydrogens (primary N) is 1. The molecule has 31 heavy (non-hydrogen) atoms. The van der Waals surface area contributed by atoms with E-state index in [1.165, 1.54) is 24.2 Å². The van der Waals surface area contributed by atoms with Crippen LogP contribution in [0.3, 0.4) is 0 Å². The molecule has 0 unspecified atom stereocenters. The second-order valence-electron chi connectivity index (χ2n) is 7.07. The standard InChI is InChI=1S/C20H27N3O5S3/c1-3-4-5-6-11-22(2)16-9-7-15(8-10-16)14-17-18(24)23(20(29)30-17)12-13-31(26,27)28-19(21)25/h7-10,14H,3-6,11-13H2,1-2H3,(H2,21,25). The van der Waals surface area contributed by atoms with Gasteiger partial charge >= 0.3 is 16.2 Å². The highest BCUT2D eigenvalue weighted by Crippen LogP contribution is 2.32. The fraction of sp³-hybridized carbons (Fsp3) is 0.450. The van der Waals surface area contributed by atoms with E-state index in [2.05, 4.69) is 23.1 Å². The molecule has 0 radical (unpaired) electrons. The molecule has 2 rings (SSSR count). The van der Waals surface area contributed by atoms with Crippen LogP contribution in [0.5, 0.6) is 0 Å². The van der Waals surface area contributed by atoms with Gasteiger partial charge in [0.2, 0.25) is 0 Å². The minimum absolute atomic E-state index is 0.223. The molecular formula is C20H27N3O5S3. The Labute approximate surface area is 192 Å². The molecule has 1 saturated heterocycles. The Hall–Kier alpha value is -2.11. The van der Waals surface area contributed by atoms with Crippen LogP contribution in [0.1, 0.15) is 38.2 Å². The van der Waals surface area contributed by atoms with Crippen LogP contribution in [0.2, 0.25) is 0 Å². The summed E-state index contributed by atoms with van der Waals surface area (Å²) in [5.74, 6) is -0.976. The van der Waals surface area contributed by atoms with Crippen molar-refractivity contribution in [2.45, 2.75) is 32.6 Å². The number of thioether (sulfide) groups is 1. The second kappa shape index (κ2) is 11.5. The van der Waals surface area contributed by atoms with Gasteiger partial charge in [-0.25, -0.2) is 4.79 Å². The van der Waals surface area contributed by atoms with Crippen LogP contribution in [-0.2, 0) is 19.1 Å². The smallest absolute Gasteiger partial charge is 0.375 e. The zero-order chi connectivity index (χ0) is 23.0. The molecule has 2 amide bonds. The molecule has 0 spiro atoms. The van der Waals surface area contributed by atoms with Crippen LogP contribution in [-0.4, -0.2) is 55.5 Å². The van der Waals surface area contributed by atoms with E-state index in [1.54, 1.807) is 6.08 Å². The maximum Gasteiger partial charge on any atom is 0.420 e. The molecule has 2 N–H and O–H groups in total. The summed E-state index contributed by atoms with van der Waals surface area (Å²) in [6, 6.07) is 7.85. The van der Waals surface area contributed by atoms with Crippen LogP contribution in [0.25, 0.3) is 6.08 Å². The lowest BCUT2D eigenvalue weighted by molar-refractivity contribution is -0.121. The number of nitrogens with zero attached hydrogens (tertiary/aromatic N) is 2. The van der Waals surface area contributed by atoms with Gasteiger partial charge in [-0.15, -0.1) is 0 Å². The van der Waals surface area contributed by atoms with E-state index in [9.17, 15) is 18.0 Å². The normalized spacial score (nSPS) is 15.5. The summed E-state index contributed by atoms with van der Waals surface area (Å²) in [5.41, 5.74) is 6.67. The highest BCUT2D eigenvalue weighted by atomic mass is 32.2. The molecule has 0 aromatic heterocycles. The van der Waals surface area contributed by atoms with Gasteiger partial charge < -0.3 is 14.8 Å². The van der Waals surface area contributed by atoms with Gasteiger partial charge in [-0.3, -0.25) is 9.69 Å². The van der Waals surface area contributed by atoms with Crippen molar-refractivity contribution in [1.29, 1.82) is 0 Å². The molecule has 0 atom stereocenters. The molecule has 0 saturated carbocycles. The molecule has 8 nitrogen and oxygen atoms in total. The maximum absolute atomic E-state index is 12.6. The van der Waals surface area contributed by atoms with Crippen LogP contribution in [0.15, 0.2) is 29.2 Å². The quantitative estimate of drug-likeness (QED) is 0.220. The van der Waals surface area contributed by atoms with Crippen molar-refractivity contribution in [3.05, 3.63) is 34.7 Å². The number of unbranched alkanes of at least 4 members (excludes halogenated alkanes) is 3. The van der Waals surface area contributed by atoms with E-state index < -0.39 is 22.0 Å². The first-order valence-electron chi connectivity index (χ1n) is 9.91. The highest BCUT2D eigenvalue weighted by molar-refractivity contribution is 8.26. The largest absolute Gasteiger partial charge is 0.420 e. The third-order valence-electron chi connectivity index (χ3n) is 4.63. The van der Waals surface area contributed by atoms with Crippen molar-refractivity contribution in [1.82, 2.24) is 4.90 Å². The van der Waals surface area contributed by atoms with Crippen LogP contribution >= 0.6 is 24.0 Å². The Morgan fingerprint density at radius 2 is 1.94 bits per heavy atom. The van der Waals surface area contributed by atoms with Crippen molar-refractivity contribution in [2.24, 2.45) is 5.73 Å². The van der Waals surface area contributed by atoms with Crippen LogP contribution in [0.4, 0.5) is 10.5 Å². The number of anilines is 1. The molecule has 1 aliphatic heterocycles. The van der Waals surface area contributed by atoms with Gasteiger partial charge in [0, 0.05) is 25.8 Å². The fourth-order valence-corrected chi connectivity index (χ4v) is 4.99. The number of benzene rings is 1. The number of primary amides is 1. The number of thiocarbonyl (C=S) groups is 1. The van der Waals surface area contributed by atoms with Crippen molar-refractivity contribution in [3.63, 3.8) is 0 Å². The van der Waals surface area contributed by atoms with E-state index in [0.717, 1.165) is 36.0 Å². The lowest BCUT2D eigenvalue weighted by Gasteiger charge is -2.19. The van der Waals surface area contributed by atoms with Gasteiger partial charge in [-0.2, -0.15) is 8.42 Å². The third-order valence-corrected chi connectivity index (χ3v) is 7.10. The molecule has 1 fully saturated rings. The van der Waals surface area contributed by atoms with E-state index in [-0.39, 0.29) is 16.8 Å². The number of amides is 2. The minimum Gasteiger partial charge on any atom is -0.375 e. The molecule has 1 aromatic carbocycles. The zero-order valence-corrected chi connectivity index (χ0v) is 20.0. The molecule has 0 bridgehead atoms. The van der Waals surface area contributed by atoms with Gasteiger partial charge in [0.05, 0.1) is 4.91 Å². The Balaban J connectivity index is 1.98. The summed E-state index contributed by atoms with van der Waals surface area (Å²) in [7, 11) is -2.12. The summed E-state index contributed by atoms with van der Waals surface area (Å²) in [4.78, 5) is 27.0. The summed E-state index contributed by atoms with van der Waals surface area (Å²) in [6.07, 6.45) is 5.13. The molecule has 0 aliphatic carbocycles. The van der Waals surface area contributed by atoms with Crippen molar-refractivity contribution in [2.75, 3.05) is 30.8 Å². The van der Waals surface area contributed by atoms with Gasteiger partial charge in [0.15, 0.2) is 0 Å². The Bertz CT molecular complexity index is 945. The molecule has 11 heteroatoms. The van der Waals surface area contributed by atoms with Gasteiger partial charge in [0.1, 0.15) is 10.1 Å². The number of carbonyl (C=O) groups is 2. The predicted octanol–water partition coefficient (Wildman–Crippen LogP) is 3.33. The fourth-order valence-electron chi connectivity index (χ4n) is 2.94. The summed E-state index contributed by atoms with van der Waals surface area (Å²) in [6.45, 7) is 2.95. The monoisotopic (exact) mass is 485 g/mol. The van der Waals surface area contributed by atoms with Crippen molar-refractivity contribution >= 4 is 62.2 Å². The van der Waals surface area contributed by atoms with E-state index in [0.29, 0.717) is 4.91 Å². The van der Waals surface area contributed by atoms with Gasteiger partial charge in [-0.1, -0.05) is 62.3 Å². The SMILES string of the molecule is CCCCCCN(C)c1ccc(C=C2SC(=S)N(CCS(=O)(=O)OC(N)=O)C2=O)cc1. The number of hydrogen-bond donors (Lipinski definition) is 1. The Kier molecular flexibility index (Phi) is 9.32. The average Bonchev–Trinajstić information content (AvgIpc) is 2.96. The zero-order valence-electron chi connectivity index (χ0n) is 17.6. The van der Waals surface area contributed by atoms with E-state index >= 15 is 0 Å².